The molecule has 3 N–H and O–H groups in total. The highest BCUT2D eigenvalue weighted by molar-refractivity contribution is 7.88. The van der Waals surface area contributed by atoms with E-state index in [0.717, 1.165) is 6.26 Å². The van der Waals surface area contributed by atoms with E-state index in [-0.39, 0.29) is 5.56 Å². The standard InChI is InChI=1S/C12H19N3O4S/c1-12(2,15-20(3,18)19)8-13-7-10-5-4-9(6-14-10)11(16)17/h4-6,13,15H,7-8H2,1-3H3,(H,16,17). The van der Waals surface area contributed by atoms with Crippen LogP contribution in [-0.4, -0.2) is 42.8 Å². The van der Waals surface area contributed by atoms with Crippen molar-refractivity contribution in [2.75, 3.05) is 12.8 Å². The van der Waals surface area contributed by atoms with E-state index in [1.54, 1.807) is 19.9 Å². The molecule has 0 aliphatic heterocycles. The third kappa shape index (κ3) is 6.09. The number of sulfonamides is 1. The van der Waals surface area contributed by atoms with Gasteiger partial charge in [0.1, 0.15) is 0 Å². The van der Waals surface area contributed by atoms with E-state index in [0.29, 0.717) is 18.8 Å². The molecular formula is C12H19N3O4S. The molecule has 1 aromatic heterocycles. The van der Waals surface area contributed by atoms with Crippen LogP contribution in [0.15, 0.2) is 18.3 Å². The Kier molecular flexibility index (Phi) is 5.21. The van der Waals surface area contributed by atoms with Crippen molar-refractivity contribution in [2.45, 2.75) is 25.9 Å². The van der Waals surface area contributed by atoms with Crippen molar-refractivity contribution >= 4 is 16.0 Å². The van der Waals surface area contributed by atoms with Gasteiger partial charge < -0.3 is 10.4 Å². The molecule has 112 valence electrons. The molecule has 1 rings (SSSR count). The molecule has 0 bridgehead atoms. The van der Waals surface area contributed by atoms with Gasteiger partial charge in [-0.1, -0.05) is 0 Å². The Labute approximate surface area is 118 Å². The van der Waals surface area contributed by atoms with Gasteiger partial charge in [-0.05, 0) is 26.0 Å². The summed E-state index contributed by atoms with van der Waals surface area (Å²) in [5, 5.41) is 11.8. The van der Waals surface area contributed by atoms with Crippen molar-refractivity contribution in [3.8, 4) is 0 Å². The summed E-state index contributed by atoms with van der Waals surface area (Å²) in [5.74, 6) is -1.02. The zero-order chi connectivity index (χ0) is 15.4. The largest absolute Gasteiger partial charge is 0.478 e. The van der Waals surface area contributed by atoms with Crippen LogP contribution in [0.1, 0.15) is 29.9 Å². The lowest BCUT2D eigenvalue weighted by atomic mass is 10.1. The molecule has 0 saturated carbocycles. The predicted octanol–water partition coefficient (Wildman–Crippen LogP) is 0.197. The summed E-state index contributed by atoms with van der Waals surface area (Å²) in [6.07, 6.45) is 2.40. The van der Waals surface area contributed by atoms with E-state index in [9.17, 15) is 13.2 Å². The molecule has 0 aliphatic rings. The first-order valence-electron chi connectivity index (χ1n) is 5.97. The highest BCUT2D eigenvalue weighted by Crippen LogP contribution is 2.04. The van der Waals surface area contributed by atoms with Crippen molar-refractivity contribution in [1.82, 2.24) is 15.0 Å². The van der Waals surface area contributed by atoms with Gasteiger partial charge >= 0.3 is 5.97 Å². The number of pyridine rings is 1. The number of hydrogen-bond donors (Lipinski definition) is 3. The summed E-state index contributed by atoms with van der Waals surface area (Å²) in [5.41, 5.74) is 0.201. The molecule has 1 heterocycles. The molecular weight excluding hydrogens is 282 g/mol. The Morgan fingerprint density at radius 2 is 2.05 bits per heavy atom. The average molecular weight is 301 g/mol. The first-order valence-corrected chi connectivity index (χ1v) is 7.86. The minimum absolute atomic E-state index is 0.132. The first-order chi connectivity index (χ1) is 9.09. The zero-order valence-corrected chi connectivity index (χ0v) is 12.5. The second-order valence-corrected chi connectivity index (χ2v) is 6.95. The van der Waals surface area contributed by atoms with Gasteiger partial charge in [0.05, 0.1) is 17.5 Å². The highest BCUT2D eigenvalue weighted by atomic mass is 32.2. The normalized spacial score (nSPS) is 12.3. The summed E-state index contributed by atoms with van der Waals surface area (Å²) in [7, 11) is -3.26. The van der Waals surface area contributed by atoms with Crippen LogP contribution in [0, 0.1) is 0 Å². The van der Waals surface area contributed by atoms with Gasteiger partial charge in [0.2, 0.25) is 10.0 Å². The van der Waals surface area contributed by atoms with Crippen LogP contribution in [-0.2, 0) is 16.6 Å². The maximum absolute atomic E-state index is 11.2. The number of carbonyl (C=O) groups is 1. The van der Waals surface area contributed by atoms with Crippen LogP contribution < -0.4 is 10.0 Å². The predicted molar refractivity (Wildman–Crippen MR) is 75.0 cm³/mol. The number of carboxylic acids is 1. The maximum Gasteiger partial charge on any atom is 0.337 e. The van der Waals surface area contributed by atoms with E-state index in [4.69, 9.17) is 5.11 Å². The lowest BCUT2D eigenvalue weighted by Crippen LogP contribution is -2.49. The number of aromatic nitrogens is 1. The molecule has 0 aromatic carbocycles. The molecule has 7 nitrogen and oxygen atoms in total. The summed E-state index contributed by atoms with van der Waals surface area (Å²) in [4.78, 5) is 14.7. The van der Waals surface area contributed by atoms with Gasteiger partial charge in [-0.2, -0.15) is 0 Å². The molecule has 1 aromatic rings. The van der Waals surface area contributed by atoms with E-state index in [1.165, 1.54) is 12.3 Å². The third-order valence-electron chi connectivity index (χ3n) is 2.41. The molecule has 0 spiro atoms. The molecule has 8 heteroatoms. The van der Waals surface area contributed by atoms with Crippen LogP contribution in [0.5, 0.6) is 0 Å². The average Bonchev–Trinajstić information content (AvgIpc) is 2.26. The van der Waals surface area contributed by atoms with Crippen LogP contribution in [0.2, 0.25) is 0 Å². The van der Waals surface area contributed by atoms with Gasteiger partial charge in [0.15, 0.2) is 0 Å². The molecule has 0 aliphatic carbocycles. The molecule has 0 amide bonds. The molecule has 0 unspecified atom stereocenters. The van der Waals surface area contributed by atoms with Crippen LogP contribution in [0.3, 0.4) is 0 Å². The fourth-order valence-electron chi connectivity index (χ4n) is 1.70. The second kappa shape index (κ2) is 6.29. The van der Waals surface area contributed by atoms with E-state index < -0.39 is 21.5 Å². The molecule has 0 atom stereocenters. The Morgan fingerprint density at radius 1 is 1.40 bits per heavy atom. The number of hydrogen-bond acceptors (Lipinski definition) is 5. The summed E-state index contributed by atoms with van der Waals surface area (Å²) < 4.78 is 24.9. The zero-order valence-electron chi connectivity index (χ0n) is 11.7. The van der Waals surface area contributed by atoms with Crippen molar-refractivity contribution in [3.05, 3.63) is 29.6 Å². The monoisotopic (exact) mass is 301 g/mol. The first kappa shape index (κ1) is 16.5. The molecule has 0 fully saturated rings. The summed E-state index contributed by atoms with van der Waals surface area (Å²) >= 11 is 0. The Morgan fingerprint density at radius 3 is 2.50 bits per heavy atom. The van der Waals surface area contributed by atoms with Gasteiger partial charge in [-0.3, -0.25) is 4.98 Å². The number of nitrogens with zero attached hydrogens (tertiary/aromatic N) is 1. The lowest BCUT2D eigenvalue weighted by molar-refractivity contribution is 0.0696. The van der Waals surface area contributed by atoms with Gasteiger partial charge in [-0.15, -0.1) is 0 Å². The van der Waals surface area contributed by atoms with Crippen LogP contribution in [0.4, 0.5) is 0 Å². The van der Waals surface area contributed by atoms with E-state index in [1.807, 2.05) is 0 Å². The number of aromatic carboxylic acids is 1. The minimum Gasteiger partial charge on any atom is -0.478 e. The van der Waals surface area contributed by atoms with Crippen LogP contribution >= 0.6 is 0 Å². The fourth-order valence-corrected chi connectivity index (χ4v) is 2.77. The highest BCUT2D eigenvalue weighted by Gasteiger charge is 2.21. The smallest absolute Gasteiger partial charge is 0.337 e. The molecule has 0 saturated heterocycles. The number of rotatable bonds is 7. The van der Waals surface area contributed by atoms with Crippen molar-refractivity contribution in [3.63, 3.8) is 0 Å². The third-order valence-corrected chi connectivity index (χ3v) is 3.33. The number of nitrogens with one attached hydrogen (secondary N) is 2. The van der Waals surface area contributed by atoms with Gasteiger partial charge in [-0.25, -0.2) is 17.9 Å². The second-order valence-electron chi connectivity index (χ2n) is 5.21. The van der Waals surface area contributed by atoms with Crippen LogP contribution in [0.25, 0.3) is 0 Å². The van der Waals surface area contributed by atoms with Crippen molar-refractivity contribution in [2.24, 2.45) is 0 Å². The Balaban J connectivity index is 2.50. The summed E-state index contributed by atoms with van der Waals surface area (Å²) in [6.45, 7) is 4.38. The van der Waals surface area contributed by atoms with Gasteiger partial charge in [0, 0.05) is 24.8 Å². The topological polar surface area (TPSA) is 108 Å². The quantitative estimate of drug-likeness (QED) is 0.664. The fraction of sp³-hybridized carbons (Fsp3) is 0.500. The maximum atomic E-state index is 11.2. The molecule has 20 heavy (non-hydrogen) atoms. The SMILES string of the molecule is CC(C)(CNCc1ccc(C(=O)O)cn1)NS(C)(=O)=O. The Bertz CT molecular complexity index is 567. The Hall–Kier alpha value is -1.51. The number of carboxylic acid groups (broad SMARTS) is 1. The minimum atomic E-state index is -3.26. The lowest BCUT2D eigenvalue weighted by Gasteiger charge is -2.25. The van der Waals surface area contributed by atoms with E-state index >= 15 is 0 Å². The van der Waals surface area contributed by atoms with Crippen molar-refractivity contribution in [1.29, 1.82) is 0 Å². The van der Waals surface area contributed by atoms with E-state index in [2.05, 4.69) is 15.0 Å². The van der Waals surface area contributed by atoms with Crippen molar-refractivity contribution < 1.29 is 18.3 Å². The molecule has 0 radical (unpaired) electrons. The summed E-state index contributed by atoms with van der Waals surface area (Å²) in [6, 6.07) is 3.10. The van der Waals surface area contributed by atoms with Gasteiger partial charge in [0.25, 0.3) is 0 Å².